The van der Waals surface area contributed by atoms with Crippen molar-refractivity contribution in [2.45, 2.75) is 85.2 Å². The first-order chi connectivity index (χ1) is 12.1. The number of carboxylic acid groups (broad SMARTS) is 1. The number of fused-ring (bicyclic) bond motifs is 5. The second-order valence-corrected chi connectivity index (χ2v) is 10.9. The number of carboxylic acids is 1. The van der Waals surface area contributed by atoms with E-state index in [1.807, 2.05) is 13.8 Å². The van der Waals surface area contributed by atoms with Gasteiger partial charge in [-0.15, -0.1) is 0 Å². The molecule has 3 heteroatoms. The monoisotopic (exact) mass is 360 g/mol. The standard InChI is InChI=1S/C23H36O3/c1-21(2,20(25)26)14-9-11-22(3)15(13-14)5-6-16-17-7-8-19(24)23(17,4)12-10-18(16)22/h9,15-19,24H,5-8,10-13H2,1-4H3,(H,25,26)/t15-,16-,17-,18+,19-,22-,23-/m0/s1. The van der Waals surface area contributed by atoms with Crippen LogP contribution in [0.5, 0.6) is 0 Å². The number of allylic oxidation sites excluding steroid dienone is 1. The maximum absolute atomic E-state index is 11.7. The van der Waals surface area contributed by atoms with Crippen molar-refractivity contribution in [3.05, 3.63) is 11.6 Å². The van der Waals surface area contributed by atoms with E-state index >= 15 is 0 Å². The number of hydrogen-bond donors (Lipinski definition) is 2. The Balaban J connectivity index is 1.61. The molecule has 0 heterocycles. The topological polar surface area (TPSA) is 57.5 Å². The fraction of sp³-hybridized carbons (Fsp3) is 0.870. The van der Waals surface area contributed by atoms with Crippen LogP contribution in [0.4, 0.5) is 0 Å². The van der Waals surface area contributed by atoms with E-state index in [-0.39, 0.29) is 11.5 Å². The van der Waals surface area contributed by atoms with E-state index in [1.165, 1.54) is 32.1 Å². The molecule has 0 bridgehead atoms. The van der Waals surface area contributed by atoms with Crippen LogP contribution in [0.3, 0.4) is 0 Å². The molecular weight excluding hydrogens is 324 g/mol. The molecule has 3 nitrogen and oxygen atoms in total. The molecule has 0 radical (unpaired) electrons. The van der Waals surface area contributed by atoms with Crippen molar-refractivity contribution in [1.82, 2.24) is 0 Å². The van der Waals surface area contributed by atoms with Gasteiger partial charge in [-0.3, -0.25) is 4.79 Å². The third-order valence-corrected chi connectivity index (χ3v) is 9.61. The van der Waals surface area contributed by atoms with E-state index in [0.29, 0.717) is 17.3 Å². The third-order valence-electron chi connectivity index (χ3n) is 9.61. The van der Waals surface area contributed by atoms with Gasteiger partial charge >= 0.3 is 5.97 Å². The van der Waals surface area contributed by atoms with Crippen molar-refractivity contribution in [2.75, 3.05) is 0 Å². The summed E-state index contributed by atoms with van der Waals surface area (Å²) in [6.45, 7) is 8.56. The second-order valence-electron chi connectivity index (χ2n) is 10.9. The maximum Gasteiger partial charge on any atom is 0.313 e. The summed E-state index contributed by atoms with van der Waals surface area (Å²) in [6, 6.07) is 0. The van der Waals surface area contributed by atoms with E-state index < -0.39 is 11.4 Å². The average molecular weight is 361 g/mol. The van der Waals surface area contributed by atoms with Gasteiger partial charge in [-0.25, -0.2) is 0 Å². The van der Waals surface area contributed by atoms with E-state index in [2.05, 4.69) is 19.9 Å². The molecule has 3 fully saturated rings. The summed E-state index contributed by atoms with van der Waals surface area (Å²) < 4.78 is 0. The number of aliphatic hydroxyl groups is 1. The van der Waals surface area contributed by atoms with Crippen LogP contribution in [0, 0.1) is 39.9 Å². The average Bonchev–Trinajstić information content (AvgIpc) is 2.89. The second kappa shape index (κ2) is 5.83. The minimum atomic E-state index is -0.737. The maximum atomic E-state index is 11.7. The number of carbonyl (C=O) groups is 1. The van der Waals surface area contributed by atoms with Gasteiger partial charge in [-0.05, 0) is 99.7 Å². The summed E-state index contributed by atoms with van der Waals surface area (Å²) in [5.41, 5.74) is 0.864. The normalized spacial score (nSPS) is 48.2. The summed E-state index contributed by atoms with van der Waals surface area (Å²) in [6.07, 6.45) is 11.3. The Morgan fingerprint density at radius 1 is 1.08 bits per heavy atom. The zero-order valence-electron chi connectivity index (χ0n) is 16.9. The van der Waals surface area contributed by atoms with Gasteiger partial charge in [0.1, 0.15) is 0 Å². The first-order valence-electron chi connectivity index (χ1n) is 10.7. The fourth-order valence-electron chi connectivity index (χ4n) is 7.50. The Bertz CT molecular complexity index is 635. The van der Waals surface area contributed by atoms with E-state index in [9.17, 15) is 15.0 Å². The molecule has 0 aromatic carbocycles. The number of aliphatic carboxylic acids is 1. The summed E-state index contributed by atoms with van der Waals surface area (Å²) >= 11 is 0. The minimum absolute atomic E-state index is 0.104. The van der Waals surface area contributed by atoms with Gasteiger partial charge in [0.15, 0.2) is 0 Å². The van der Waals surface area contributed by atoms with Crippen LogP contribution in [0.25, 0.3) is 0 Å². The van der Waals surface area contributed by atoms with Gasteiger partial charge in [0.05, 0.1) is 11.5 Å². The predicted molar refractivity (Wildman–Crippen MR) is 103 cm³/mol. The summed E-state index contributed by atoms with van der Waals surface area (Å²) in [5.74, 6) is 2.12. The van der Waals surface area contributed by atoms with Gasteiger partial charge < -0.3 is 10.2 Å². The van der Waals surface area contributed by atoms with Crippen molar-refractivity contribution in [1.29, 1.82) is 0 Å². The molecule has 0 amide bonds. The van der Waals surface area contributed by atoms with Crippen LogP contribution in [0.15, 0.2) is 11.6 Å². The highest BCUT2D eigenvalue weighted by molar-refractivity contribution is 5.77. The highest BCUT2D eigenvalue weighted by Crippen LogP contribution is 2.66. The first-order valence-corrected chi connectivity index (χ1v) is 10.7. The molecule has 4 aliphatic carbocycles. The zero-order valence-corrected chi connectivity index (χ0v) is 16.9. The summed E-state index contributed by atoms with van der Waals surface area (Å²) in [7, 11) is 0. The van der Waals surface area contributed by atoms with Crippen LogP contribution in [0.1, 0.15) is 79.1 Å². The van der Waals surface area contributed by atoms with Crippen molar-refractivity contribution >= 4 is 5.97 Å². The molecule has 0 aliphatic heterocycles. The molecule has 7 atom stereocenters. The molecule has 146 valence electrons. The van der Waals surface area contributed by atoms with Crippen LogP contribution < -0.4 is 0 Å². The Morgan fingerprint density at radius 2 is 1.77 bits per heavy atom. The highest BCUT2D eigenvalue weighted by Gasteiger charge is 2.59. The molecule has 0 saturated heterocycles. The van der Waals surface area contributed by atoms with Crippen molar-refractivity contribution in [2.24, 2.45) is 39.9 Å². The number of rotatable bonds is 2. The van der Waals surface area contributed by atoms with Gasteiger partial charge in [-0.2, -0.15) is 0 Å². The third kappa shape index (κ3) is 2.38. The Morgan fingerprint density at radius 3 is 2.46 bits per heavy atom. The largest absolute Gasteiger partial charge is 0.481 e. The molecule has 0 unspecified atom stereocenters. The van der Waals surface area contributed by atoms with E-state index in [0.717, 1.165) is 36.7 Å². The molecule has 26 heavy (non-hydrogen) atoms. The zero-order chi connectivity index (χ0) is 18.9. The lowest BCUT2D eigenvalue weighted by Crippen LogP contribution is -2.53. The lowest BCUT2D eigenvalue weighted by atomic mass is 9.45. The molecule has 4 rings (SSSR count). The number of aliphatic hydroxyl groups excluding tert-OH is 1. The lowest BCUT2D eigenvalue weighted by Gasteiger charge is -2.60. The number of hydrogen-bond acceptors (Lipinski definition) is 2. The highest BCUT2D eigenvalue weighted by atomic mass is 16.4. The molecule has 4 aliphatic rings. The van der Waals surface area contributed by atoms with Crippen LogP contribution in [0.2, 0.25) is 0 Å². The minimum Gasteiger partial charge on any atom is -0.481 e. The SMILES string of the molecule is CC(C)(C(=O)O)C1=CC[C@@]2(C)[C@@H](CC[C@@H]3[C@H]2CC[C@]2(C)[C@@H](O)CC[C@@H]32)C1. The quantitative estimate of drug-likeness (QED) is 0.679. The fourth-order valence-corrected chi connectivity index (χ4v) is 7.50. The Hall–Kier alpha value is -0.830. The molecule has 2 N–H and O–H groups in total. The summed E-state index contributed by atoms with van der Waals surface area (Å²) in [4.78, 5) is 11.7. The summed E-state index contributed by atoms with van der Waals surface area (Å²) in [5, 5.41) is 20.2. The van der Waals surface area contributed by atoms with Gasteiger partial charge in [0, 0.05) is 0 Å². The van der Waals surface area contributed by atoms with E-state index in [1.54, 1.807) is 0 Å². The molecule has 3 saturated carbocycles. The molecule has 0 spiro atoms. The van der Waals surface area contributed by atoms with Gasteiger partial charge in [-0.1, -0.05) is 25.5 Å². The predicted octanol–water partition coefficient (Wildman–Crippen LogP) is 5.04. The molecule has 0 aromatic rings. The van der Waals surface area contributed by atoms with Crippen molar-refractivity contribution in [3.63, 3.8) is 0 Å². The van der Waals surface area contributed by atoms with E-state index in [4.69, 9.17) is 0 Å². The molecule has 0 aromatic heterocycles. The van der Waals surface area contributed by atoms with Gasteiger partial charge in [0.2, 0.25) is 0 Å². The smallest absolute Gasteiger partial charge is 0.313 e. The van der Waals surface area contributed by atoms with Crippen LogP contribution >= 0.6 is 0 Å². The van der Waals surface area contributed by atoms with Crippen LogP contribution in [-0.2, 0) is 4.79 Å². The van der Waals surface area contributed by atoms with Crippen molar-refractivity contribution < 1.29 is 15.0 Å². The van der Waals surface area contributed by atoms with Crippen molar-refractivity contribution in [3.8, 4) is 0 Å². The Labute approximate surface area is 158 Å². The first kappa shape index (κ1) is 18.5. The van der Waals surface area contributed by atoms with Gasteiger partial charge in [0.25, 0.3) is 0 Å². The Kier molecular flexibility index (Phi) is 4.16. The lowest BCUT2D eigenvalue weighted by molar-refractivity contribution is -0.145. The van der Waals surface area contributed by atoms with Crippen LogP contribution in [-0.4, -0.2) is 22.3 Å². The molecular formula is C23H36O3.